The van der Waals surface area contributed by atoms with Gasteiger partial charge in [-0.3, -0.25) is 4.79 Å². The summed E-state index contributed by atoms with van der Waals surface area (Å²) in [6.07, 6.45) is 2.16. The number of nitrogens with one attached hydrogen (secondary N) is 1. The summed E-state index contributed by atoms with van der Waals surface area (Å²) in [7, 11) is 5.63. The van der Waals surface area contributed by atoms with Gasteiger partial charge in [-0.2, -0.15) is 0 Å². The fourth-order valence-electron chi connectivity index (χ4n) is 5.55. The van der Waals surface area contributed by atoms with Crippen molar-refractivity contribution in [2.24, 2.45) is 5.92 Å². The zero-order valence-corrected chi connectivity index (χ0v) is 27.0. The second-order valence-electron chi connectivity index (χ2n) is 12.2. The SMILES string of the molecule is C[C@@H]1CCCCO[C@H](CN(C)C(=O)Nc2cccc3ccccc23)[C@H](C)CN([C@H](C)CO)C(=O)c2cc(N(C)C)ccc2O1. The van der Waals surface area contributed by atoms with Gasteiger partial charge in [-0.05, 0) is 62.8 Å². The van der Waals surface area contributed by atoms with Crippen LogP contribution in [-0.4, -0.2) is 92.5 Å². The average molecular weight is 605 g/mol. The second-order valence-corrected chi connectivity index (χ2v) is 12.2. The summed E-state index contributed by atoms with van der Waals surface area (Å²) < 4.78 is 12.7. The van der Waals surface area contributed by atoms with Gasteiger partial charge in [0.25, 0.3) is 5.91 Å². The number of nitrogens with zero attached hydrogens (tertiary/aromatic N) is 3. The molecule has 3 aromatic carbocycles. The van der Waals surface area contributed by atoms with E-state index in [1.807, 2.05) is 100 Å². The van der Waals surface area contributed by atoms with Crippen molar-refractivity contribution in [1.29, 1.82) is 0 Å². The lowest BCUT2D eigenvalue weighted by Crippen LogP contribution is -2.48. The highest BCUT2D eigenvalue weighted by molar-refractivity contribution is 6.01. The molecular formula is C35H48N4O5. The molecular weight excluding hydrogens is 556 g/mol. The van der Waals surface area contributed by atoms with Gasteiger partial charge in [0.1, 0.15) is 5.75 Å². The largest absolute Gasteiger partial charge is 0.490 e. The standard InChI is InChI=1S/C35H48N4O5/c1-24-21-39(25(2)23-40)34(41)30-20-28(37(4)5)17-18-32(30)44-26(3)12-9-10-19-43-33(24)22-38(6)35(42)36-31-16-11-14-27-13-7-8-15-29(27)31/h7-8,11,13-18,20,24-26,33,40H,9-10,12,19,21-23H2,1-6H3,(H,36,42)/t24-,25-,26-,33-/m1/s1. The summed E-state index contributed by atoms with van der Waals surface area (Å²) in [4.78, 5) is 32.9. The summed E-state index contributed by atoms with van der Waals surface area (Å²) in [5, 5.41) is 15.3. The molecule has 1 aliphatic rings. The number of amides is 3. The monoisotopic (exact) mass is 604 g/mol. The number of likely N-dealkylation sites (N-methyl/N-ethyl adjacent to an activating group) is 1. The van der Waals surface area contributed by atoms with Crippen LogP contribution in [0.15, 0.2) is 60.7 Å². The molecule has 3 amide bonds. The third-order valence-corrected chi connectivity index (χ3v) is 8.38. The molecule has 44 heavy (non-hydrogen) atoms. The van der Waals surface area contributed by atoms with Crippen molar-refractivity contribution in [3.05, 3.63) is 66.2 Å². The van der Waals surface area contributed by atoms with Crippen molar-refractivity contribution < 1.29 is 24.2 Å². The lowest BCUT2D eigenvalue weighted by Gasteiger charge is -2.36. The van der Waals surface area contributed by atoms with E-state index in [0.717, 1.165) is 41.4 Å². The van der Waals surface area contributed by atoms with Crippen LogP contribution in [0, 0.1) is 5.92 Å². The number of carbonyl (C=O) groups excluding carboxylic acids is 2. The maximum absolute atomic E-state index is 14.2. The Morgan fingerprint density at radius 2 is 1.82 bits per heavy atom. The van der Waals surface area contributed by atoms with Gasteiger partial charge < -0.3 is 34.6 Å². The highest BCUT2D eigenvalue weighted by Crippen LogP contribution is 2.29. The summed E-state index contributed by atoms with van der Waals surface area (Å²) in [5.41, 5.74) is 2.11. The van der Waals surface area contributed by atoms with Gasteiger partial charge in [0.15, 0.2) is 0 Å². The molecule has 3 aromatic rings. The van der Waals surface area contributed by atoms with Crippen molar-refractivity contribution in [2.75, 3.05) is 57.7 Å². The van der Waals surface area contributed by atoms with E-state index in [9.17, 15) is 14.7 Å². The van der Waals surface area contributed by atoms with E-state index in [0.29, 0.717) is 31.0 Å². The van der Waals surface area contributed by atoms with Gasteiger partial charge in [-0.1, -0.05) is 43.3 Å². The van der Waals surface area contributed by atoms with Crippen LogP contribution in [0.4, 0.5) is 16.2 Å². The summed E-state index contributed by atoms with van der Waals surface area (Å²) in [5.74, 6) is 0.205. The molecule has 4 atom stereocenters. The lowest BCUT2D eigenvalue weighted by molar-refractivity contribution is -0.0115. The molecule has 1 heterocycles. The molecule has 0 spiro atoms. The summed E-state index contributed by atoms with van der Waals surface area (Å²) in [6, 6.07) is 18.8. The fraction of sp³-hybridized carbons (Fsp3) is 0.486. The van der Waals surface area contributed by atoms with Gasteiger partial charge in [-0.15, -0.1) is 0 Å². The predicted molar refractivity (Wildman–Crippen MR) is 177 cm³/mol. The van der Waals surface area contributed by atoms with Gasteiger partial charge >= 0.3 is 6.03 Å². The van der Waals surface area contributed by atoms with Crippen molar-refractivity contribution in [1.82, 2.24) is 9.80 Å². The Labute approximate surface area is 261 Å². The minimum absolute atomic E-state index is 0.0861. The van der Waals surface area contributed by atoms with Crippen LogP contribution in [0.25, 0.3) is 10.8 Å². The Hall–Kier alpha value is -3.82. The van der Waals surface area contributed by atoms with E-state index in [2.05, 4.69) is 5.32 Å². The van der Waals surface area contributed by atoms with Crippen LogP contribution >= 0.6 is 0 Å². The maximum Gasteiger partial charge on any atom is 0.321 e. The molecule has 0 aromatic heterocycles. The highest BCUT2D eigenvalue weighted by Gasteiger charge is 2.31. The molecule has 0 unspecified atom stereocenters. The van der Waals surface area contributed by atoms with Gasteiger partial charge in [-0.25, -0.2) is 4.79 Å². The molecule has 9 heteroatoms. The quantitative estimate of drug-likeness (QED) is 0.366. The summed E-state index contributed by atoms with van der Waals surface area (Å²) in [6.45, 7) is 6.92. The number of ether oxygens (including phenoxy) is 2. The molecule has 238 valence electrons. The number of anilines is 2. The van der Waals surface area contributed by atoms with Crippen LogP contribution in [0.2, 0.25) is 0 Å². The van der Waals surface area contributed by atoms with Crippen LogP contribution < -0.4 is 15.0 Å². The lowest BCUT2D eigenvalue weighted by atomic mass is 10.0. The number of hydrogen-bond donors (Lipinski definition) is 2. The van der Waals surface area contributed by atoms with Crippen molar-refractivity contribution in [2.45, 2.75) is 58.3 Å². The van der Waals surface area contributed by atoms with Crippen LogP contribution in [0.3, 0.4) is 0 Å². The minimum Gasteiger partial charge on any atom is -0.490 e. The number of benzene rings is 3. The first-order valence-corrected chi connectivity index (χ1v) is 15.6. The molecule has 0 saturated carbocycles. The average Bonchev–Trinajstić information content (AvgIpc) is 3.01. The number of aliphatic hydroxyl groups is 1. The van der Waals surface area contributed by atoms with Crippen molar-refractivity contribution in [3.8, 4) is 5.75 Å². The molecule has 0 fully saturated rings. The first kappa shape index (κ1) is 33.1. The Kier molecular flexibility index (Phi) is 11.5. The number of carbonyl (C=O) groups is 2. The van der Waals surface area contributed by atoms with Crippen molar-refractivity contribution >= 4 is 34.1 Å². The zero-order valence-electron chi connectivity index (χ0n) is 27.0. The highest BCUT2D eigenvalue weighted by atomic mass is 16.5. The third kappa shape index (κ3) is 8.21. The van der Waals surface area contributed by atoms with Crippen LogP contribution in [0.1, 0.15) is 50.4 Å². The number of fused-ring (bicyclic) bond motifs is 2. The normalized spacial score (nSPS) is 20.7. The molecule has 0 radical (unpaired) electrons. The van der Waals surface area contributed by atoms with Gasteiger partial charge in [0.05, 0.1) is 36.1 Å². The van der Waals surface area contributed by atoms with Crippen molar-refractivity contribution in [3.63, 3.8) is 0 Å². The number of hydrogen-bond acceptors (Lipinski definition) is 6. The summed E-state index contributed by atoms with van der Waals surface area (Å²) >= 11 is 0. The topological polar surface area (TPSA) is 94.6 Å². The predicted octanol–water partition coefficient (Wildman–Crippen LogP) is 5.87. The molecule has 2 N–H and O–H groups in total. The first-order chi connectivity index (χ1) is 21.1. The molecule has 0 aliphatic carbocycles. The second kappa shape index (κ2) is 15.3. The number of aliphatic hydroxyl groups excluding tert-OH is 1. The number of rotatable bonds is 6. The first-order valence-electron chi connectivity index (χ1n) is 15.6. The van der Waals surface area contributed by atoms with E-state index >= 15 is 0 Å². The molecule has 9 nitrogen and oxygen atoms in total. The third-order valence-electron chi connectivity index (χ3n) is 8.38. The smallest absolute Gasteiger partial charge is 0.321 e. The van der Waals surface area contributed by atoms with E-state index in [-0.39, 0.29) is 36.7 Å². The van der Waals surface area contributed by atoms with Gasteiger partial charge in [0.2, 0.25) is 0 Å². The maximum atomic E-state index is 14.2. The fourth-order valence-corrected chi connectivity index (χ4v) is 5.55. The van der Waals surface area contributed by atoms with Gasteiger partial charge in [0, 0.05) is 57.8 Å². The van der Waals surface area contributed by atoms with E-state index in [1.165, 1.54) is 0 Å². The molecule has 0 bridgehead atoms. The van der Waals surface area contributed by atoms with E-state index in [4.69, 9.17) is 9.47 Å². The molecule has 4 rings (SSSR count). The Balaban J connectivity index is 1.58. The minimum atomic E-state index is -0.431. The Morgan fingerprint density at radius 3 is 2.57 bits per heavy atom. The van der Waals surface area contributed by atoms with Crippen LogP contribution in [0.5, 0.6) is 5.75 Å². The zero-order chi connectivity index (χ0) is 31.8. The van der Waals surface area contributed by atoms with E-state index in [1.54, 1.807) is 16.8 Å². The Bertz CT molecular complexity index is 1410. The number of urea groups is 1. The molecule has 1 aliphatic heterocycles. The molecule has 0 saturated heterocycles. The van der Waals surface area contributed by atoms with E-state index < -0.39 is 6.04 Å². The Morgan fingerprint density at radius 1 is 1.07 bits per heavy atom. The van der Waals surface area contributed by atoms with Crippen LogP contribution in [-0.2, 0) is 4.74 Å².